The molecule has 0 aliphatic carbocycles. The zero-order valence-electron chi connectivity index (χ0n) is 11.9. The number of likely N-dealkylation sites (N-methyl/N-ethyl adjacent to an activating group) is 1. The molecule has 0 amide bonds. The fraction of sp³-hybridized carbons (Fsp3) is 0.769. The third-order valence-corrected chi connectivity index (χ3v) is 3.26. The molecule has 0 radical (unpaired) electrons. The summed E-state index contributed by atoms with van der Waals surface area (Å²) in [5.41, 5.74) is 6.85. The van der Waals surface area contributed by atoms with Gasteiger partial charge in [0.05, 0.1) is 6.54 Å². The Balaban J connectivity index is 2.28. The minimum Gasteiger partial charge on any atom is -0.370 e. The second-order valence-corrected chi connectivity index (χ2v) is 5.22. The Morgan fingerprint density at radius 1 is 1.39 bits per heavy atom. The van der Waals surface area contributed by atoms with E-state index in [1.54, 1.807) is 0 Å². The van der Waals surface area contributed by atoms with Gasteiger partial charge in [-0.15, -0.1) is 0 Å². The van der Waals surface area contributed by atoms with Crippen LogP contribution in [0.1, 0.15) is 13.8 Å². The molecule has 5 heteroatoms. The van der Waals surface area contributed by atoms with Crippen molar-refractivity contribution >= 4 is 5.96 Å². The summed E-state index contributed by atoms with van der Waals surface area (Å²) in [7, 11) is 2.17. The standard InChI is InChI=1S/C13H27N5/c1-11(2)9-15-13(14)16-10-12(3)18-7-5-17(4)6-8-18/h12H,1,5-10H2,2-4H3,(H3,14,15,16). The van der Waals surface area contributed by atoms with E-state index >= 15 is 0 Å². The molecule has 1 unspecified atom stereocenters. The van der Waals surface area contributed by atoms with Gasteiger partial charge in [-0.25, -0.2) is 0 Å². The number of hydrogen-bond acceptors (Lipinski definition) is 3. The van der Waals surface area contributed by atoms with Gasteiger partial charge < -0.3 is 16.0 Å². The predicted octanol–water partition coefficient (Wildman–Crippen LogP) is 0.103. The molecule has 1 atom stereocenters. The maximum absolute atomic E-state index is 5.79. The fourth-order valence-electron chi connectivity index (χ4n) is 1.91. The summed E-state index contributed by atoms with van der Waals surface area (Å²) in [5, 5.41) is 3.05. The van der Waals surface area contributed by atoms with Gasteiger partial charge in [0.1, 0.15) is 0 Å². The molecule has 1 aliphatic rings. The van der Waals surface area contributed by atoms with Gasteiger partial charge in [0.25, 0.3) is 0 Å². The molecule has 0 aromatic carbocycles. The van der Waals surface area contributed by atoms with Crippen molar-refractivity contribution in [3.8, 4) is 0 Å². The van der Waals surface area contributed by atoms with E-state index in [0.717, 1.165) is 38.3 Å². The molecular formula is C13H27N5. The largest absolute Gasteiger partial charge is 0.370 e. The molecule has 1 fully saturated rings. The van der Waals surface area contributed by atoms with Gasteiger partial charge >= 0.3 is 0 Å². The number of nitrogens with one attached hydrogen (secondary N) is 1. The minimum absolute atomic E-state index is 0.448. The van der Waals surface area contributed by atoms with Crippen LogP contribution in [0, 0.1) is 0 Å². The lowest BCUT2D eigenvalue weighted by molar-refractivity contribution is 0.122. The van der Waals surface area contributed by atoms with E-state index in [1.165, 1.54) is 0 Å². The van der Waals surface area contributed by atoms with Crippen LogP contribution in [0.3, 0.4) is 0 Å². The summed E-state index contributed by atoms with van der Waals surface area (Å²) >= 11 is 0. The summed E-state index contributed by atoms with van der Waals surface area (Å²) in [5.74, 6) is 0.513. The molecule has 1 heterocycles. The van der Waals surface area contributed by atoms with Crippen LogP contribution in [-0.2, 0) is 0 Å². The van der Waals surface area contributed by atoms with Gasteiger partial charge in [0.15, 0.2) is 5.96 Å². The zero-order valence-corrected chi connectivity index (χ0v) is 11.9. The first-order valence-electron chi connectivity index (χ1n) is 6.60. The summed E-state index contributed by atoms with van der Waals surface area (Å²) < 4.78 is 0. The number of aliphatic imine (C=N–C) groups is 1. The van der Waals surface area contributed by atoms with E-state index in [4.69, 9.17) is 5.73 Å². The summed E-state index contributed by atoms with van der Waals surface area (Å²) in [6, 6.07) is 0.448. The molecule has 1 aliphatic heterocycles. The molecule has 0 bridgehead atoms. The smallest absolute Gasteiger partial charge is 0.188 e. The molecule has 1 rings (SSSR count). The quantitative estimate of drug-likeness (QED) is 0.415. The van der Waals surface area contributed by atoms with E-state index in [0.29, 0.717) is 18.5 Å². The average molecular weight is 253 g/mol. The Morgan fingerprint density at radius 3 is 2.56 bits per heavy atom. The van der Waals surface area contributed by atoms with Crippen LogP contribution < -0.4 is 11.1 Å². The molecule has 0 aromatic rings. The lowest BCUT2D eigenvalue weighted by atomic mass is 10.2. The van der Waals surface area contributed by atoms with E-state index in [-0.39, 0.29) is 0 Å². The Hall–Kier alpha value is -1.07. The van der Waals surface area contributed by atoms with Gasteiger partial charge in [-0.2, -0.15) is 0 Å². The van der Waals surface area contributed by atoms with Gasteiger partial charge in [-0.3, -0.25) is 9.89 Å². The predicted molar refractivity (Wildman–Crippen MR) is 77.8 cm³/mol. The zero-order chi connectivity index (χ0) is 13.5. The third-order valence-electron chi connectivity index (χ3n) is 3.26. The highest BCUT2D eigenvalue weighted by Gasteiger charge is 2.18. The molecule has 0 spiro atoms. The first-order valence-corrected chi connectivity index (χ1v) is 6.60. The van der Waals surface area contributed by atoms with Gasteiger partial charge in [0.2, 0.25) is 0 Å². The number of rotatable bonds is 5. The second kappa shape index (κ2) is 7.38. The van der Waals surface area contributed by atoms with Crippen molar-refractivity contribution in [3.05, 3.63) is 12.2 Å². The maximum atomic E-state index is 5.79. The molecule has 3 N–H and O–H groups in total. The van der Waals surface area contributed by atoms with Crippen molar-refractivity contribution in [3.63, 3.8) is 0 Å². The highest BCUT2D eigenvalue weighted by atomic mass is 15.3. The minimum atomic E-state index is 0.448. The topological polar surface area (TPSA) is 56.9 Å². The highest BCUT2D eigenvalue weighted by Crippen LogP contribution is 2.04. The van der Waals surface area contributed by atoms with Crippen molar-refractivity contribution in [1.82, 2.24) is 15.1 Å². The lowest BCUT2D eigenvalue weighted by Crippen LogP contribution is -2.49. The molecule has 0 saturated carbocycles. The van der Waals surface area contributed by atoms with Crippen LogP contribution in [0.4, 0.5) is 0 Å². The fourth-order valence-corrected chi connectivity index (χ4v) is 1.91. The average Bonchev–Trinajstić information content (AvgIpc) is 2.34. The lowest BCUT2D eigenvalue weighted by Gasteiger charge is -2.35. The number of guanidine groups is 1. The molecule has 5 nitrogen and oxygen atoms in total. The number of nitrogens with zero attached hydrogens (tertiary/aromatic N) is 3. The molecule has 0 aromatic heterocycles. The summed E-state index contributed by atoms with van der Waals surface area (Å²) in [6.07, 6.45) is 0. The first-order chi connectivity index (χ1) is 8.49. The van der Waals surface area contributed by atoms with Crippen molar-refractivity contribution in [1.29, 1.82) is 0 Å². The maximum Gasteiger partial charge on any atom is 0.188 e. The Kier molecular flexibility index (Phi) is 6.15. The van der Waals surface area contributed by atoms with Crippen LogP contribution in [-0.4, -0.2) is 68.1 Å². The first kappa shape index (κ1) is 15.0. The molecule has 104 valence electrons. The Bertz CT molecular complexity index is 292. The van der Waals surface area contributed by atoms with Gasteiger partial charge in [-0.1, -0.05) is 12.2 Å². The number of piperazine rings is 1. The van der Waals surface area contributed by atoms with Crippen LogP contribution in [0.2, 0.25) is 0 Å². The van der Waals surface area contributed by atoms with Crippen molar-refractivity contribution in [2.24, 2.45) is 10.7 Å². The van der Waals surface area contributed by atoms with E-state index in [9.17, 15) is 0 Å². The molecule has 1 saturated heterocycles. The normalized spacial score (nSPS) is 20.7. The molecule has 18 heavy (non-hydrogen) atoms. The van der Waals surface area contributed by atoms with E-state index in [2.05, 4.69) is 40.7 Å². The summed E-state index contributed by atoms with van der Waals surface area (Å²) in [4.78, 5) is 9.20. The third kappa shape index (κ3) is 5.51. The monoisotopic (exact) mass is 253 g/mol. The number of hydrogen-bond donors (Lipinski definition) is 2. The molecular weight excluding hydrogens is 226 g/mol. The van der Waals surface area contributed by atoms with Gasteiger partial charge in [-0.05, 0) is 20.9 Å². The SMILES string of the molecule is C=C(C)CNC(N)=NCC(C)N1CCN(C)CC1. The Labute approximate surface area is 111 Å². The Morgan fingerprint density at radius 2 is 2.00 bits per heavy atom. The second-order valence-electron chi connectivity index (χ2n) is 5.22. The van der Waals surface area contributed by atoms with Crippen LogP contribution >= 0.6 is 0 Å². The van der Waals surface area contributed by atoms with Crippen LogP contribution in [0.5, 0.6) is 0 Å². The van der Waals surface area contributed by atoms with Crippen LogP contribution in [0.25, 0.3) is 0 Å². The van der Waals surface area contributed by atoms with Crippen molar-refractivity contribution < 1.29 is 0 Å². The van der Waals surface area contributed by atoms with Crippen molar-refractivity contribution in [2.45, 2.75) is 19.9 Å². The van der Waals surface area contributed by atoms with Gasteiger partial charge in [0, 0.05) is 38.8 Å². The highest BCUT2D eigenvalue weighted by molar-refractivity contribution is 5.78. The summed E-state index contributed by atoms with van der Waals surface area (Å²) in [6.45, 7) is 13.9. The number of nitrogens with two attached hydrogens (primary N) is 1. The van der Waals surface area contributed by atoms with Crippen molar-refractivity contribution in [2.75, 3.05) is 46.3 Å². The van der Waals surface area contributed by atoms with E-state index in [1.807, 2.05) is 6.92 Å². The van der Waals surface area contributed by atoms with Crippen LogP contribution in [0.15, 0.2) is 17.1 Å². The van der Waals surface area contributed by atoms with E-state index < -0.39 is 0 Å².